The Labute approximate surface area is 195 Å². The Hall–Kier alpha value is -3.52. The minimum Gasteiger partial charge on any atom is -0.493 e. The lowest BCUT2D eigenvalue weighted by atomic mass is 10.1. The van der Waals surface area contributed by atoms with E-state index < -0.39 is 5.56 Å². The second kappa shape index (κ2) is 9.95. The van der Waals surface area contributed by atoms with E-state index in [2.05, 4.69) is 17.0 Å². The summed E-state index contributed by atoms with van der Waals surface area (Å²) in [7, 11) is 1.58. The molecule has 0 spiro atoms. The van der Waals surface area contributed by atoms with Gasteiger partial charge >= 0.3 is 0 Å². The molecule has 2 aromatic heterocycles. The van der Waals surface area contributed by atoms with Gasteiger partial charge in [0.05, 0.1) is 18.2 Å². The number of methoxy groups -OCH3 is 1. The maximum Gasteiger partial charge on any atom is 0.296 e. The maximum atomic E-state index is 13.0. The van der Waals surface area contributed by atoms with Crippen LogP contribution < -0.4 is 25.1 Å². The molecule has 0 N–H and O–H groups in total. The van der Waals surface area contributed by atoms with Gasteiger partial charge in [0.1, 0.15) is 5.69 Å². The second-order valence-electron chi connectivity index (χ2n) is 7.75. The number of nitrogens with zero attached hydrogens (tertiary/aromatic N) is 3. The van der Waals surface area contributed by atoms with Gasteiger partial charge in [0.15, 0.2) is 11.5 Å². The zero-order valence-corrected chi connectivity index (χ0v) is 19.6. The molecule has 33 heavy (non-hydrogen) atoms. The second-order valence-corrected chi connectivity index (χ2v) is 8.76. The van der Waals surface area contributed by atoms with Gasteiger partial charge in [-0.15, -0.1) is 0 Å². The molecule has 0 aliphatic rings. The van der Waals surface area contributed by atoms with Crippen LogP contribution in [0.2, 0.25) is 0 Å². The van der Waals surface area contributed by atoms with Gasteiger partial charge in [0, 0.05) is 6.42 Å². The fraction of sp³-hybridized carbons (Fsp3) is 0.280. The van der Waals surface area contributed by atoms with Crippen LogP contribution in [0, 0.1) is 6.92 Å². The highest BCUT2D eigenvalue weighted by atomic mass is 32.1. The van der Waals surface area contributed by atoms with Crippen molar-refractivity contribution in [2.75, 3.05) is 13.7 Å². The lowest BCUT2D eigenvalue weighted by Gasteiger charge is -2.10. The number of benzene rings is 2. The summed E-state index contributed by atoms with van der Waals surface area (Å²) in [4.78, 5) is 29.8. The van der Waals surface area contributed by atoms with Gasteiger partial charge in [0.25, 0.3) is 11.1 Å². The summed E-state index contributed by atoms with van der Waals surface area (Å²) in [6.45, 7) is 4.72. The van der Waals surface area contributed by atoms with Crippen molar-refractivity contribution in [3.8, 4) is 11.5 Å². The molecule has 0 atom stereocenters. The predicted molar refractivity (Wildman–Crippen MR) is 130 cm³/mol. The molecule has 0 bridgehead atoms. The average molecular weight is 464 g/mol. The molecule has 0 saturated carbocycles. The molecule has 0 saturated heterocycles. The normalized spacial score (nSPS) is 11.8. The molecule has 170 valence electrons. The molecule has 0 amide bonds. The number of thiazole rings is 1. The highest BCUT2D eigenvalue weighted by Gasteiger charge is 2.12. The molecular weight excluding hydrogens is 438 g/mol. The third-order valence-electron chi connectivity index (χ3n) is 5.18. The molecule has 7 nitrogen and oxygen atoms in total. The van der Waals surface area contributed by atoms with Crippen molar-refractivity contribution in [3.63, 3.8) is 0 Å². The molecule has 2 aromatic carbocycles. The van der Waals surface area contributed by atoms with Gasteiger partial charge in [-0.2, -0.15) is 14.6 Å². The number of aryl methyl sites for hydroxylation is 1. The Bertz CT molecular complexity index is 1440. The SMILES string of the molecule is CCCCOc1ccc(/C=c2\sc3nc(=O)c(Cc4ccc(C)cc4)nn3c2=O)cc1OC. The first kappa shape index (κ1) is 22.7. The molecule has 0 aliphatic carbocycles. The van der Waals surface area contributed by atoms with Crippen LogP contribution in [0.5, 0.6) is 11.5 Å². The van der Waals surface area contributed by atoms with Crippen molar-refractivity contribution in [1.29, 1.82) is 0 Å². The summed E-state index contributed by atoms with van der Waals surface area (Å²) in [6, 6.07) is 13.4. The van der Waals surface area contributed by atoms with Crippen molar-refractivity contribution >= 4 is 22.4 Å². The largest absolute Gasteiger partial charge is 0.493 e. The minimum absolute atomic E-state index is 0.244. The number of ether oxygens (including phenoxy) is 2. The molecular formula is C25H25N3O4S. The van der Waals surface area contributed by atoms with Crippen LogP contribution in [0.25, 0.3) is 11.0 Å². The van der Waals surface area contributed by atoms with Gasteiger partial charge in [-0.1, -0.05) is 60.6 Å². The van der Waals surface area contributed by atoms with Crippen LogP contribution >= 0.6 is 11.3 Å². The Morgan fingerprint density at radius 1 is 1.09 bits per heavy atom. The van der Waals surface area contributed by atoms with Crippen molar-refractivity contribution < 1.29 is 9.47 Å². The predicted octanol–water partition coefficient (Wildman–Crippen LogP) is 3.15. The van der Waals surface area contributed by atoms with E-state index in [-0.39, 0.29) is 16.2 Å². The molecule has 4 rings (SSSR count). The quantitative estimate of drug-likeness (QED) is 0.374. The van der Waals surface area contributed by atoms with Crippen molar-refractivity contribution in [2.24, 2.45) is 0 Å². The lowest BCUT2D eigenvalue weighted by Crippen LogP contribution is -2.28. The van der Waals surface area contributed by atoms with Gasteiger partial charge in [-0.05, 0) is 42.7 Å². The Kier molecular flexibility index (Phi) is 6.84. The summed E-state index contributed by atoms with van der Waals surface area (Å²) in [5.74, 6) is 1.26. The number of rotatable bonds is 8. The highest BCUT2D eigenvalue weighted by molar-refractivity contribution is 7.15. The molecule has 0 radical (unpaired) electrons. The minimum atomic E-state index is -0.418. The first-order valence-corrected chi connectivity index (χ1v) is 11.6. The molecule has 2 heterocycles. The van der Waals surface area contributed by atoms with E-state index in [0.29, 0.717) is 29.1 Å². The topological polar surface area (TPSA) is 82.8 Å². The zero-order chi connectivity index (χ0) is 23.4. The monoisotopic (exact) mass is 463 g/mol. The van der Waals surface area contributed by atoms with Crippen LogP contribution in [-0.2, 0) is 6.42 Å². The summed E-state index contributed by atoms with van der Waals surface area (Å²) in [5, 5.41) is 4.32. The van der Waals surface area contributed by atoms with Crippen LogP contribution in [0.3, 0.4) is 0 Å². The van der Waals surface area contributed by atoms with Gasteiger partial charge < -0.3 is 9.47 Å². The van der Waals surface area contributed by atoms with Crippen molar-refractivity contribution in [1.82, 2.24) is 14.6 Å². The van der Waals surface area contributed by atoms with E-state index in [9.17, 15) is 9.59 Å². The Balaban J connectivity index is 1.68. The molecule has 4 aromatic rings. The van der Waals surface area contributed by atoms with Gasteiger partial charge in [-0.3, -0.25) is 9.59 Å². The maximum absolute atomic E-state index is 13.0. The number of fused-ring (bicyclic) bond motifs is 1. The third kappa shape index (κ3) is 5.12. The fourth-order valence-electron chi connectivity index (χ4n) is 3.32. The van der Waals surface area contributed by atoms with Crippen LogP contribution in [0.4, 0.5) is 0 Å². The van der Waals surface area contributed by atoms with E-state index in [1.54, 1.807) is 13.2 Å². The smallest absolute Gasteiger partial charge is 0.296 e. The molecule has 8 heteroatoms. The highest BCUT2D eigenvalue weighted by Crippen LogP contribution is 2.28. The summed E-state index contributed by atoms with van der Waals surface area (Å²) in [6.07, 6.45) is 4.07. The van der Waals surface area contributed by atoms with E-state index in [4.69, 9.17) is 9.47 Å². The summed E-state index contributed by atoms with van der Waals surface area (Å²) in [5.41, 5.74) is 2.37. The molecule has 0 aliphatic heterocycles. The van der Waals surface area contributed by atoms with E-state index in [0.717, 1.165) is 40.9 Å². The third-order valence-corrected chi connectivity index (χ3v) is 6.14. The zero-order valence-electron chi connectivity index (χ0n) is 18.8. The summed E-state index contributed by atoms with van der Waals surface area (Å²) >= 11 is 1.13. The fourth-order valence-corrected chi connectivity index (χ4v) is 4.23. The first-order valence-electron chi connectivity index (χ1n) is 10.8. The standard InChI is InChI=1S/C25H25N3O4S/c1-4-5-12-32-20-11-10-18(14-21(20)31-3)15-22-24(30)28-25(33-22)26-23(29)19(27-28)13-17-8-6-16(2)7-9-17/h6-11,14-15H,4-5,12-13H2,1-3H3/b22-15-. The number of hydrogen-bond donors (Lipinski definition) is 0. The summed E-state index contributed by atoms with van der Waals surface area (Å²) < 4.78 is 12.9. The lowest BCUT2D eigenvalue weighted by molar-refractivity contribution is 0.288. The Morgan fingerprint density at radius 3 is 2.61 bits per heavy atom. The number of aromatic nitrogens is 3. The van der Waals surface area contributed by atoms with E-state index >= 15 is 0 Å². The van der Waals surface area contributed by atoms with Crippen LogP contribution in [-0.4, -0.2) is 28.3 Å². The number of hydrogen-bond acceptors (Lipinski definition) is 7. The van der Waals surface area contributed by atoms with Crippen molar-refractivity contribution in [2.45, 2.75) is 33.1 Å². The first-order chi connectivity index (χ1) is 16.0. The average Bonchev–Trinajstić information content (AvgIpc) is 3.10. The van der Waals surface area contributed by atoms with Gasteiger partial charge in [0.2, 0.25) is 4.96 Å². The van der Waals surface area contributed by atoms with Crippen LogP contribution in [0.1, 0.15) is 42.1 Å². The van der Waals surface area contributed by atoms with Gasteiger partial charge in [-0.25, -0.2) is 0 Å². The molecule has 0 fully saturated rings. The number of unbranched alkanes of at least 4 members (excludes halogenated alkanes) is 1. The van der Waals surface area contributed by atoms with E-state index in [1.165, 1.54) is 4.52 Å². The molecule has 0 unspecified atom stereocenters. The van der Waals surface area contributed by atoms with E-state index in [1.807, 2.05) is 49.4 Å². The van der Waals surface area contributed by atoms with Crippen LogP contribution in [0.15, 0.2) is 52.1 Å². The Morgan fingerprint density at radius 2 is 1.88 bits per heavy atom. The van der Waals surface area contributed by atoms with Crippen molar-refractivity contribution in [3.05, 3.63) is 90.1 Å².